The molecule has 3 nitrogen and oxygen atoms in total. The number of hydrogen-bond acceptors (Lipinski definition) is 2. The van der Waals surface area contributed by atoms with Crippen molar-refractivity contribution in [3.05, 3.63) is 29.8 Å². The van der Waals surface area contributed by atoms with E-state index in [0.29, 0.717) is 5.56 Å². The molecule has 0 saturated heterocycles. The van der Waals surface area contributed by atoms with Crippen LogP contribution in [0.15, 0.2) is 29.2 Å². The molecule has 1 rings (SSSR count). The molecular formula is C8H13NO2S. The van der Waals surface area contributed by atoms with Gasteiger partial charge in [0.25, 0.3) is 0 Å². The van der Waals surface area contributed by atoms with Crippen molar-refractivity contribution in [3.8, 4) is 0 Å². The third-order valence-corrected chi connectivity index (χ3v) is 2.47. The van der Waals surface area contributed by atoms with Gasteiger partial charge in [-0.25, -0.2) is 13.6 Å². The largest absolute Gasteiger partial charge is 0.238 e. The summed E-state index contributed by atoms with van der Waals surface area (Å²) in [5, 5.41) is 4.93. The van der Waals surface area contributed by atoms with E-state index in [1.165, 1.54) is 6.07 Å². The van der Waals surface area contributed by atoms with E-state index in [9.17, 15) is 8.42 Å². The van der Waals surface area contributed by atoms with E-state index in [4.69, 9.17) is 5.14 Å². The van der Waals surface area contributed by atoms with Crippen LogP contribution in [-0.4, -0.2) is 8.42 Å². The van der Waals surface area contributed by atoms with Crippen LogP contribution >= 0.6 is 0 Å². The lowest BCUT2D eigenvalue weighted by Crippen LogP contribution is -2.13. The number of rotatable bonds is 1. The van der Waals surface area contributed by atoms with E-state index in [1.54, 1.807) is 25.1 Å². The first kappa shape index (κ1) is 11.1. The average molecular weight is 187 g/mol. The Morgan fingerprint density at radius 2 is 1.75 bits per heavy atom. The van der Waals surface area contributed by atoms with E-state index >= 15 is 0 Å². The summed E-state index contributed by atoms with van der Waals surface area (Å²) in [5.41, 5.74) is 0.676. The van der Waals surface area contributed by atoms with Gasteiger partial charge >= 0.3 is 0 Å². The van der Waals surface area contributed by atoms with Crippen LogP contribution < -0.4 is 5.14 Å². The molecule has 1 aromatic carbocycles. The quantitative estimate of drug-likeness (QED) is 0.720. The highest BCUT2D eigenvalue weighted by Crippen LogP contribution is 2.10. The predicted octanol–water partition coefficient (Wildman–Crippen LogP) is 1.28. The standard InChI is InChI=1S/C7H9NO2S.CH4/c1-6-4-2-3-5-7(6)11(8,9)10;/h2-5H,1H3,(H2,8,9,10);1H4. The van der Waals surface area contributed by atoms with Crippen LogP contribution in [0.4, 0.5) is 0 Å². The zero-order chi connectivity index (χ0) is 8.48. The van der Waals surface area contributed by atoms with E-state index in [2.05, 4.69) is 0 Å². The fraction of sp³-hybridized carbons (Fsp3) is 0.250. The smallest absolute Gasteiger partial charge is 0.225 e. The molecule has 0 atom stereocenters. The SMILES string of the molecule is C.Cc1ccccc1S(N)(=O)=O. The molecule has 0 aliphatic rings. The summed E-state index contributed by atoms with van der Waals surface area (Å²) in [7, 11) is -3.53. The third kappa shape index (κ3) is 2.32. The Labute approximate surface area is 73.3 Å². The molecule has 12 heavy (non-hydrogen) atoms. The number of benzene rings is 1. The molecule has 68 valence electrons. The zero-order valence-corrected chi connectivity index (χ0v) is 6.93. The van der Waals surface area contributed by atoms with Gasteiger partial charge in [-0.15, -0.1) is 0 Å². The zero-order valence-electron chi connectivity index (χ0n) is 6.11. The summed E-state index contributed by atoms with van der Waals surface area (Å²) in [6.45, 7) is 1.71. The Morgan fingerprint density at radius 1 is 1.25 bits per heavy atom. The van der Waals surface area contributed by atoms with Crippen LogP contribution in [-0.2, 0) is 10.0 Å². The molecule has 0 aliphatic heterocycles. The molecule has 0 unspecified atom stereocenters. The van der Waals surface area contributed by atoms with Gasteiger partial charge in [0.2, 0.25) is 10.0 Å². The highest BCUT2D eigenvalue weighted by atomic mass is 32.2. The second-order valence-corrected chi connectivity index (χ2v) is 3.84. The summed E-state index contributed by atoms with van der Waals surface area (Å²) in [6.07, 6.45) is 0. The molecule has 0 fully saturated rings. The summed E-state index contributed by atoms with van der Waals surface area (Å²) < 4.78 is 21.7. The minimum atomic E-state index is -3.53. The maximum absolute atomic E-state index is 10.8. The van der Waals surface area contributed by atoms with E-state index in [1.807, 2.05) is 0 Å². The van der Waals surface area contributed by atoms with Gasteiger partial charge in [0.1, 0.15) is 0 Å². The maximum Gasteiger partial charge on any atom is 0.238 e. The van der Waals surface area contributed by atoms with Crippen molar-refractivity contribution in [3.63, 3.8) is 0 Å². The Bertz CT molecular complexity index is 357. The molecule has 0 aromatic heterocycles. The summed E-state index contributed by atoms with van der Waals surface area (Å²) in [4.78, 5) is 0.194. The Kier molecular flexibility index (Phi) is 3.42. The van der Waals surface area contributed by atoms with Gasteiger partial charge in [0.05, 0.1) is 4.90 Å². The average Bonchev–Trinajstić information content (AvgIpc) is 1.86. The topological polar surface area (TPSA) is 60.2 Å². The Hall–Kier alpha value is -0.870. The van der Waals surface area contributed by atoms with Crippen molar-refractivity contribution < 1.29 is 8.42 Å². The van der Waals surface area contributed by atoms with Gasteiger partial charge < -0.3 is 0 Å². The number of nitrogens with two attached hydrogens (primary N) is 1. The lowest BCUT2D eigenvalue weighted by atomic mass is 10.2. The van der Waals surface area contributed by atoms with Crippen molar-refractivity contribution >= 4 is 10.0 Å². The van der Waals surface area contributed by atoms with Crippen molar-refractivity contribution in [1.29, 1.82) is 0 Å². The van der Waals surface area contributed by atoms with Crippen LogP contribution in [0.3, 0.4) is 0 Å². The van der Waals surface area contributed by atoms with E-state index in [-0.39, 0.29) is 12.3 Å². The van der Waals surface area contributed by atoms with Gasteiger partial charge in [0.15, 0.2) is 0 Å². The van der Waals surface area contributed by atoms with Gasteiger partial charge in [-0.05, 0) is 18.6 Å². The maximum atomic E-state index is 10.8. The Balaban J connectivity index is 0.00000121. The molecule has 2 N–H and O–H groups in total. The number of aryl methyl sites for hydroxylation is 1. The number of primary sulfonamides is 1. The third-order valence-electron chi connectivity index (χ3n) is 1.40. The van der Waals surface area contributed by atoms with Gasteiger partial charge in [-0.1, -0.05) is 25.6 Å². The minimum absolute atomic E-state index is 0. The lowest BCUT2D eigenvalue weighted by molar-refractivity contribution is 0.597. The van der Waals surface area contributed by atoms with Crippen molar-refractivity contribution in [2.24, 2.45) is 5.14 Å². The van der Waals surface area contributed by atoms with Crippen LogP contribution in [0.5, 0.6) is 0 Å². The molecule has 0 bridgehead atoms. The van der Waals surface area contributed by atoms with E-state index in [0.717, 1.165) is 0 Å². The molecule has 0 saturated carbocycles. The number of sulfonamides is 1. The minimum Gasteiger partial charge on any atom is -0.225 e. The van der Waals surface area contributed by atoms with Gasteiger partial charge in [0, 0.05) is 0 Å². The van der Waals surface area contributed by atoms with Crippen molar-refractivity contribution in [1.82, 2.24) is 0 Å². The molecular weight excluding hydrogens is 174 g/mol. The summed E-state index contributed by atoms with van der Waals surface area (Å²) >= 11 is 0. The normalized spacial score (nSPS) is 10.5. The molecule has 0 aliphatic carbocycles. The van der Waals surface area contributed by atoms with Gasteiger partial charge in [-0.2, -0.15) is 0 Å². The van der Waals surface area contributed by atoms with Gasteiger partial charge in [-0.3, -0.25) is 0 Å². The first-order chi connectivity index (χ1) is 5.02. The summed E-state index contributed by atoms with van der Waals surface area (Å²) in [5.74, 6) is 0. The molecule has 0 spiro atoms. The first-order valence-electron chi connectivity index (χ1n) is 3.10. The van der Waals surface area contributed by atoms with Crippen LogP contribution in [0.25, 0.3) is 0 Å². The fourth-order valence-electron chi connectivity index (χ4n) is 0.876. The predicted molar refractivity (Wildman–Crippen MR) is 49.3 cm³/mol. The van der Waals surface area contributed by atoms with Crippen LogP contribution in [0, 0.1) is 6.92 Å². The highest BCUT2D eigenvalue weighted by molar-refractivity contribution is 7.89. The lowest BCUT2D eigenvalue weighted by Gasteiger charge is -2.00. The second kappa shape index (κ2) is 3.69. The second-order valence-electron chi connectivity index (χ2n) is 2.31. The summed E-state index contributed by atoms with van der Waals surface area (Å²) in [6, 6.07) is 6.61. The number of hydrogen-bond donors (Lipinski definition) is 1. The van der Waals surface area contributed by atoms with Crippen molar-refractivity contribution in [2.75, 3.05) is 0 Å². The van der Waals surface area contributed by atoms with Crippen LogP contribution in [0.1, 0.15) is 13.0 Å². The fourth-order valence-corrected chi connectivity index (χ4v) is 1.66. The van der Waals surface area contributed by atoms with Crippen LogP contribution in [0.2, 0.25) is 0 Å². The Morgan fingerprint density at radius 3 is 2.08 bits per heavy atom. The van der Waals surface area contributed by atoms with Crippen molar-refractivity contribution in [2.45, 2.75) is 19.2 Å². The van der Waals surface area contributed by atoms with E-state index < -0.39 is 10.0 Å². The molecule has 4 heteroatoms. The molecule has 0 radical (unpaired) electrons. The monoisotopic (exact) mass is 187 g/mol. The molecule has 1 aromatic rings. The molecule has 0 heterocycles. The highest BCUT2D eigenvalue weighted by Gasteiger charge is 2.08. The molecule has 0 amide bonds. The first-order valence-corrected chi connectivity index (χ1v) is 4.65.